The smallest absolute Gasteiger partial charge is 0.234 e. The van der Waals surface area contributed by atoms with Gasteiger partial charge in [-0.3, -0.25) is 4.79 Å². The first-order valence-electron chi connectivity index (χ1n) is 7.80. The van der Waals surface area contributed by atoms with Gasteiger partial charge < -0.3 is 14.6 Å². The molecule has 1 amide bonds. The van der Waals surface area contributed by atoms with Gasteiger partial charge in [0.25, 0.3) is 0 Å². The molecule has 1 heterocycles. The van der Waals surface area contributed by atoms with Gasteiger partial charge in [-0.1, -0.05) is 39.8 Å². The highest BCUT2D eigenvalue weighted by Gasteiger charge is 2.13. The first-order valence-corrected chi connectivity index (χ1v) is 9.57. The largest absolute Gasteiger partial charge is 0.383 e. The van der Waals surface area contributed by atoms with E-state index in [1.165, 1.54) is 11.8 Å². The summed E-state index contributed by atoms with van der Waals surface area (Å²) >= 11 is 4.81. The number of benzene rings is 2. The number of para-hydroxylation sites is 2. The molecule has 0 aliphatic heterocycles. The molecule has 1 N–H and O–H groups in total. The molecular formula is C18H18BrN3O2S. The van der Waals surface area contributed by atoms with Crippen LogP contribution < -0.4 is 5.32 Å². The Bertz CT molecular complexity index is 864. The van der Waals surface area contributed by atoms with E-state index in [0.29, 0.717) is 18.9 Å². The molecule has 0 bridgehead atoms. The SMILES string of the molecule is COCCn1c(SCC(=O)Nc2ccc(Br)cc2)nc2ccccc21. The summed E-state index contributed by atoms with van der Waals surface area (Å²) in [5.41, 5.74) is 2.76. The molecule has 2 aromatic carbocycles. The van der Waals surface area contributed by atoms with Crippen LogP contribution in [0.3, 0.4) is 0 Å². The van der Waals surface area contributed by atoms with Crippen molar-refractivity contribution in [3.63, 3.8) is 0 Å². The second-order valence-electron chi connectivity index (χ2n) is 5.37. The molecule has 0 saturated heterocycles. The predicted octanol–water partition coefficient (Wildman–Crippen LogP) is 4.18. The van der Waals surface area contributed by atoms with Gasteiger partial charge in [0.15, 0.2) is 5.16 Å². The van der Waals surface area contributed by atoms with Crippen LogP contribution in [0.15, 0.2) is 58.2 Å². The molecule has 0 saturated carbocycles. The van der Waals surface area contributed by atoms with Crippen molar-refractivity contribution in [2.24, 2.45) is 0 Å². The Morgan fingerprint density at radius 1 is 1.24 bits per heavy atom. The van der Waals surface area contributed by atoms with Crippen molar-refractivity contribution in [2.75, 3.05) is 24.8 Å². The fourth-order valence-electron chi connectivity index (χ4n) is 2.42. The van der Waals surface area contributed by atoms with Gasteiger partial charge in [-0.05, 0) is 36.4 Å². The lowest BCUT2D eigenvalue weighted by atomic mass is 10.3. The van der Waals surface area contributed by atoms with Crippen molar-refractivity contribution in [2.45, 2.75) is 11.7 Å². The molecular weight excluding hydrogens is 402 g/mol. The van der Waals surface area contributed by atoms with Crippen LogP contribution >= 0.6 is 27.7 Å². The molecule has 0 fully saturated rings. The van der Waals surface area contributed by atoms with E-state index in [2.05, 4.69) is 30.8 Å². The number of halogens is 1. The maximum absolute atomic E-state index is 12.2. The van der Waals surface area contributed by atoms with Crippen LogP contribution in [-0.4, -0.2) is 34.9 Å². The zero-order valence-corrected chi connectivity index (χ0v) is 16.1. The second kappa shape index (κ2) is 8.51. The van der Waals surface area contributed by atoms with E-state index >= 15 is 0 Å². The summed E-state index contributed by atoms with van der Waals surface area (Å²) in [4.78, 5) is 16.8. The molecule has 0 unspecified atom stereocenters. The number of thioether (sulfide) groups is 1. The maximum atomic E-state index is 12.2. The molecule has 5 nitrogen and oxygen atoms in total. The molecule has 3 aromatic rings. The highest BCUT2D eigenvalue weighted by molar-refractivity contribution is 9.10. The van der Waals surface area contributed by atoms with E-state index in [4.69, 9.17) is 4.74 Å². The van der Waals surface area contributed by atoms with E-state index in [1.54, 1.807) is 7.11 Å². The number of rotatable bonds is 7. The van der Waals surface area contributed by atoms with E-state index in [-0.39, 0.29) is 5.91 Å². The lowest BCUT2D eigenvalue weighted by Gasteiger charge is -2.08. The van der Waals surface area contributed by atoms with Crippen molar-refractivity contribution >= 4 is 50.3 Å². The third-order valence-electron chi connectivity index (χ3n) is 3.60. The number of hydrogen-bond acceptors (Lipinski definition) is 4. The van der Waals surface area contributed by atoms with Crippen molar-refractivity contribution in [3.8, 4) is 0 Å². The van der Waals surface area contributed by atoms with Gasteiger partial charge in [0.2, 0.25) is 5.91 Å². The molecule has 1 aromatic heterocycles. The Hall–Kier alpha value is -1.83. The molecule has 25 heavy (non-hydrogen) atoms. The molecule has 3 rings (SSSR count). The number of ether oxygens (including phenoxy) is 1. The summed E-state index contributed by atoms with van der Waals surface area (Å²) in [7, 11) is 1.68. The average molecular weight is 420 g/mol. The van der Waals surface area contributed by atoms with E-state index in [9.17, 15) is 4.79 Å². The Kier molecular flexibility index (Phi) is 6.12. The highest BCUT2D eigenvalue weighted by Crippen LogP contribution is 2.24. The van der Waals surface area contributed by atoms with Crippen molar-refractivity contribution < 1.29 is 9.53 Å². The summed E-state index contributed by atoms with van der Waals surface area (Å²) in [5, 5.41) is 3.72. The van der Waals surface area contributed by atoms with Crippen LogP contribution in [0.5, 0.6) is 0 Å². The van der Waals surface area contributed by atoms with Gasteiger partial charge in [-0.15, -0.1) is 0 Å². The fourth-order valence-corrected chi connectivity index (χ4v) is 3.53. The normalized spacial score (nSPS) is 11.0. The number of aromatic nitrogens is 2. The van der Waals surface area contributed by atoms with E-state index in [1.807, 2.05) is 48.5 Å². The summed E-state index contributed by atoms with van der Waals surface area (Å²) < 4.78 is 8.26. The Morgan fingerprint density at radius 3 is 2.76 bits per heavy atom. The summed E-state index contributed by atoms with van der Waals surface area (Å²) in [6.45, 7) is 1.30. The molecule has 0 spiro atoms. The zero-order valence-electron chi connectivity index (χ0n) is 13.7. The first-order chi connectivity index (χ1) is 12.2. The number of methoxy groups -OCH3 is 1. The molecule has 0 aliphatic rings. The molecule has 7 heteroatoms. The molecule has 0 aliphatic carbocycles. The molecule has 0 atom stereocenters. The van der Waals surface area contributed by atoms with Gasteiger partial charge in [-0.25, -0.2) is 4.98 Å². The average Bonchev–Trinajstić information content (AvgIpc) is 2.98. The van der Waals surface area contributed by atoms with Crippen LogP contribution in [-0.2, 0) is 16.1 Å². The zero-order chi connectivity index (χ0) is 17.6. The van der Waals surface area contributed by atoms with Gasteiger partial charge in [0.1, 0.15) is 0 Å². The van der Waals surface area contributed by atoms with Gasteiger partial charge in [0, 0.05) is 23.8 Å². The summed E-state index contributed by atoms with van der Waals surface area (Å²) in [6, 6.07) is 15.5. The minimum atomic E-state index is -0.0577. The number of fused-ring (bicyclic) bond motifs is 1. The molecule has 130 valence electrons. The number of imidazole rings is 1. The summed E-state index contributed by atoms with van der Waals surface area (Å²) in [6.07, 6.45) is 0. The minimum absolute atomic E-state index is 0.0577. The predicted molar refractivity (Wildman–Crippen MR) is 105 cm³/mol. The second-order valence-corrected chi connectivity index (χ2v) is 7.23. The third kappa shape index (κ3) is 4.62. The van der Waals surface area contributed by atoms with Crippen molar-refractivity contribution in [1.82, 2.24) is 9.55 Å². The number of nitrogens with one attached hydrogen (secondary N) is 1. The van der Waals surface area contributed by atoms with Crippen LogP contribution in [0.2, 0.25) is 0 Å². The van der Waals surface area contributed by atoms with Crippen LogP contribution in [0.1, 0.15) is 0 Å². The quantitative estimate of drug-likeness (QED) is 0.583. The summed E-state index contributed by atoms with van der Waals surface area (Å²) in [5.74, 6) is 0.240. The van der Waals surface area contributed by atoms with Crippen molar-refractivity contribution in [1.29, 1.82) is 0 Å². The monoisotopic (exact) mass is 419 g/mol. The topological polar surface area (TPSA) is 56.1 Å². The van der Waals surface area contributed by atoms with Crippen molar-refractivity contribution in [3.05, 3.63) is 53.0 Å². The van der Waals surface area contributed by atoms with E-state index in [0.717, 1.165) is 26.3 Å². The minimum Gasteiger partial charge on any atom is -0.383 e. The number of nitrogens with zero attached hydrogens (tertiary/aromatic N) is 2. The lowest BCUT2D eigenvalue weighted by molar-refractivity contribution is -0.113. The number of carbonyl (C=O) groups is 1. The van der Waals surface area contributed by atoms with E-state index < -0.39 is 0 Å². The fraction of sp³-hybridized carbons (Fsp3) is 0.222. The highest BCUT2D eigenvalue weighted by atomic mass is 79.9. The number of carbonyl (C=O) groups excluding carboxylic acids is 1. The van der Waals surface area contributed by atoms with Crippen LogP contribution in [0, 0.1) is 0 Å². The third-order valence-corrected chi connectivity index (χ3v) is 5.10. The first kappa shape index (κ1) is 18.0. The number of hydrogen-bond donors (Lipinski definition) is 1. The number of anilines is 1. The Labute approximate surface area is 158 Å². The van der Waals surface area contributed by atoms with Gasteiger partial charge in [0.05, 0.1) is 23.4 Å². The van der Waals surface area contributed by atoms with Crippen LogP contribution in [0.25, 0.3) is 11.0 Å². The Balaban J connectivity index is 1.69. The molecule has 0 radical (unpaired) electrons. The lowest BCUT2D eigenvalue weighted by Crippen LogP contribution is -2.15. The van der Waals surface area contributed by atoms with Crippen LogP contribution in [0.4, 0.5) is 5.69 Å². The number of amides is 1. The standard InChI is InChI=1S/C18H18BrN3O2S/c1-24-11-10-22-16-5-3-2-4-15(16)21-18(22)25-12-17(23)20-14-8-6-13(19)7-9-14/h2-9H,10-12H2,1H3,(H,20,23). The van der Waals surface area contributed by atoms with Gasteiger partial charge in [-0.2, -0.15) is 0 Å². The Morgan fingerprint density at radius 2 is 2.00 bits per heavy atom. The maximum Gasteiger partial charge on any atom is 0.234 e. The van der Waals surface area contributed by atoms with Gasteiger partial charge >= 0.3 is 0 Å².